The SMILES string of the molecule is Cc1cccc(OC2CCN(C(=O)c3cccc(N4CCCN(C)CC4)n3)C2)c1. The van der Waals surface area contributed by atoms with E-state index in [1.165, 1.54) is 5.56 Å². The van der Waals surface area contributed by atoms with Crippen molar-refractivity contribution in [3.63, 3.8) is 0 Å². The average Bonchev–Trinajstić information content (AvgIpc) is 3.07. The Labute approximate surface area is 173 Å². The fourth-order valence-electron chi connectivity index (χ4n) is 4.05. The Morgan fingerprint density at radius 3 is 2.79 bits per heavy atom. The van der Waals surface area contributed by atoms with E-state index in [0.717, 1.165) is 50.6 Å². The van der Waals surface area contributed by atoms with Crippen LogP contribution in [0.3, 0.4) is 0 Å². The number of hydrogen-bond donors (Lipinski definition) is 0. The third-order valence-corrected chi connectivity index (χ3v) is 5.72. The number of benzene rings is 1. The Bertz CT molecular complexity index is 856. The molecule has 0 radical (unpaired) electrons. The summed E-state index contributed by atoms with van der Waals surface area (Å²) in [6.45, 7) is 7.40. The molecule has 154 valence electrons. The van der Waals surface area contributed by atoms with E-state index in [1.807, 2.05) is 41.3 Å². The highest BCUT2D eigenvalue weighted by molar-refractivity contribution is 5.93. The zero-order valence-electron chi connectivity index (χ0n) is 17.4. The Morgan fingerprint density at radius 1 is 1.07 bits per heavy atom. The standard InChI is InChI=1S/C23H30N4O2/c1-18-6-3-7-19(16-18)29-20-10-13-27(17-20)23(28)21-8-4-9-22(24-21)26-12-5-11-25(2)14-15-26/h3-4,6-9,16,20H,5,10-15,17H2,1-2H3. The number of anilines is 1. The lowest BCUT2D eigenvalue weighted by atomic mass is 10.2. The van der Waals surface area contributed by atoms with Crippen LogP contribution in [0.1, 0.15) is 28.9 Å². The minimum atomic E-state index is -0.00543. The van der Waals surface area contributed by atoms with Crippen molar-refractivity contribution < 1.29 is 9.53 Å². The maximum absolute atomic E-state index is 13.0. The molecule has 0 spiro atoms. The summed E-state index contributed by atoms with van der Waals surface area (Å²) in [5.41, 5.74) is 1.70. The number of aromatic nitrogens is 1. The lowest BCUT2D eigenvalue weighted by Gasteiger charge is -2.23. The number of carbonyl (C=O) groups excluding carboxylic acids is 1. The number of pyridine rings is 1. The molecule has 1 atom stereocenters. The molecule has 1 aromatic heterocycles. The van der Waals surface area contributed by atoms with Gasteiger partial charge in [-0.1, -0.05) is 18.2 Å². The second-order valence-electron chi connectivity index (χ2n) is 8.12. The number of hydrogen-bond acceptors (Lipinski definition) is 5. The second-order valence-corrected chi connectivity index (χ2v) is 8.12. The molecule has 4 rings (SSSR count). The van der Waals surface area contributed by atoms with Gasteiger partial charge in [-0.2, -0.15) is 0 Å². The van der Waals surface area contributed by atoms with Crippen LogP contribution in [0.25, 0.3) is 0 Å². The van der Waals surface area contributed by atoms with Gasteiger partial charge in [0, 0.05) is 32.6 Å². The van der Waals surface area contributed by atoms with Gasteiger partial charge >= 0.3 is 0 Å². The van der Waals surface area contributed by atoms with Gasteiger partial charge in [-0.05, 0) is 56.8 Å². The van der Waals surface area contributed by atoms with E-state index in [9.17, 15) is 4.79 Å². The number of amides is 1. The van der Waals surface area contributed by atoms with Crippen molar-refractivity contribution in [1.29, 1.82) is 0 Å². The first-order valence-electron chi connectivity index (χ1n) is 10.5. The molecular formula is C23H30N4O2. The van der Waals surface area contributed by atoms with Crippen molar-refractivity contribution in [2.45, 2.75) is 25.9 Å². The Balaban J connectivity index is 1.39. The van der Waals surface area contributed by atoms with Gasteiger partial charge in [0.25, 0.3) is 5.91 Å². The third-order valence-electron chi connectivity index (χ3n) is 5.72. The highest BCUT2D eigenvalue weighted by Gasteiger charge is 2.29. The smallest absolute Gasteiger partial charge is 0.272 e. The molecule has 0 saturated carbocycles. The number of carbonyl (C=O) groups is 1. The monoisotopic (exact) mass is 394 g/mol. The van der Waals surface area contributed by atoms with Crippen LogP contribution in [-0.2, 0) is 0 Å². The Kier molecular flexibility index (Phi) is 6.00. The van der Waals surface area contributed by atoms with Crippen LogP contribution in [0.2, 0.25) is 0 Å². The lowest BCUT2D eigenvalue weighted by molar-refractivity contribution is 0.0766. The summed E-state index contributed by atoms with van der Waals surface area (Å²) in [4.78, 5) is 24.2. The van der Waals surface area contributed by atoms with Gasteiger partial charge in [0.05, 0.1) is 6.54 Å². The molecule has 6 nitrogen and oxygen atoms in total. The van der Waals surface area contributed by atoms with Gasteiger partial charge in [0.2, 0.25) is 0 Å². The van der Waals surface area contributed by atoms with E-state index in [2.05, 4.69) is 29.8 Å². The summed E-state index contributed by atoms with van der Waals surface area (Å²) < 4.78 is 6.09. The fraction of sp³-hybridized carbons (Fsp3) is 0.478. The van der Waals surface area contributed by atoms with Crippen molar-refractivity contribution in [2.24, 2.45) is 0 Å². The number of likely N-dealkylation sites (N-methyl/N-ethyl adjacent to an activating group) is 1. The molecule has 2 aliphatic heterocycles. The molecule has 2 saturated heterocycles. The van der Waals surface area contributed by atoms with Crippen molar-refractivity contribution in [2.75, 3.05) is 51.2 Å². The molecule has 6 heteroatoms. The maximum atomic E-state index is 13.0. The first kappa shape index (κ1) is 19.7. The van der Waals surface area contributed by atoms with Gasteiger partial charge < -0.3 is 19.4 Å². The number of rotatable bonds is 4. The van der Waals surface area contributed by atoms with Crippen LogP contribution in [0.15, 0.2) is 42.5 Å². The zero-order valence-corrected chi connectivity index (χ0v) is 17.4. The van der Waals surface area contributed by atoms with Crippen LogP contribution in [0, 0.1) is 6.92 Å². The normalized spacial score (nSPS) is 20.6. The van der Waals surface area contributed by atoms with Crippen LogP contribution in [0.4, 0.5) is 5.82 Å². The molecule has 2 aromatic rings. The van der Waals surface area contributed by atoms with Gasteiger partial charge in [-0.15, -0.1) is 0 Å². The van der Waals surface area contributed by atoms with E-state index in [1.54, 1.807) is 0 Å². The number of aryl methyl sites for hydroxylation is 1. The largest absolute Gasteiger partial charge is 0.489 e. The highest BCUT2D eigenvalue weighted by Crippen LogP contribution is 2.21. The molecule has 1 amide bonds. The van der Waals surface area contributed by atoms with E-state index in [-0.39, 0.29) is 12.0 Å². The summed E-state index contributed by atoms with van der Waals surface area (Å²) >= 11 is 0. The third kappa shape index (κ3) is 4.88. The first-order chi connectivity index (χ1) is 14.1. The quantitative estimate of drug-likeness (QED) is 0.798. The van der Waals surface area contributed by atoms with Gasteiger partial charge in [0.1, 0.15) is 23.4 Å². The molecule has 2 aliphatic rings. The van der Waals surface area contributed by atoms with E-state index < -0.39 is 0 Å². The van der Waals surface area contributed by atoms with Gasteiger partial charge in [-0.3, -0.25) is 4.79 Å². The first-order valence-corrected chi connectivity index (χ1v) is 10.5. The summed E-state index contributed by atoms with van der Waals surface area (Å²) in [6, 6.07) is 13.8. The molecule has 0 N–H and O–H groups in total. The predicted molar refractivity (Wildman–Crippen MR) is 115 cm³/mol. The van der Waals surface area contributed by atoms with E-state index in [0.29, 0.717) is 18.8 Å². The Hall–Kier alpha value is -2.60. The minimum Gasteiger partial charge on any atom is -0.489 e. The molecule has 29 heavy (non-hydrogen) atoms. The molecule has 0 bridgehead atoms. The number of likely N-dealkylation sites (tertiary alicyclic amines) is 1. The van der Waals surface area contributed by atoms with Crippen molar-refractivity contribution in [1.82, 2.24) is 14.8 Å². The number of ether oxygens (including phenoxy) is 1. The van der Waals surface area contributed by atoms with Crippen molar-refractivity contribution in [3.8, 4) is 5.75 Å². The zero-order chi connectivity index (χ0) is 20.2. The second kappa shape index (κ2) is 8.82. The molecule has 3 heterocycles. The summed E-state index contributed by atoms with van der Waals surface area (Å²) in [5.74, 6) is 1.77. The highest BCUT2D eigenvalue weighted by atomic mass is 16.5. The summed E-state index contributed by atoms with van der Waals surface area (Å²) in [5, 5.41) is 0. The van der Waals surface area contributed by atoms with Gasteiger partial charge in [0.15, 0.2) is 0 Å². The Morgan fingerprint density at radius 2 is 1.93 bits per heavy atom. The summed E-state index contributed by atoms with van der Waals surface area (Å²) in [7, 11) is 2.15. The topological polar surface area (TPSA) is 48.9 Å². The molecule has 2 fully saturated rings. The average molecular weight is 395 g/mol. The molecular weight excluding hydrogens is 364 g/mol. The van der Waals surface area contributed by atoms with Crippen molar-refractivity contribution in [3.05, 3.63) is 53.7 Å². The van der Waals surface area contributed by atoms with Crippen LogP contribution in [0.5, 0.6) is 5.75 Å². The van der Waals surface area contributed by atoms with Crippen LogP contribution < -0.4 is 9.64 Å². The van der Waals surface area contributed by atoms with E-state index >= 15 is 0 Å². The number of nitrogens with zero attached hydrogens (tertiary/aromatic N) is 4. The summed E-state index contributed by atoms with van der Waals surface area (Å²) in [6.07, 6.45) is 1.99. The fourth-order valence-corrected chi connectivity index (χ4v) is 4.05. The molecule has 0 aliphatic carbocycles. The van der Waals surface area contributed by atoms with Gasteiger partial charge in [-0.25, -0.2) is 4.98 Å². The predicted octanol–water partition coefficient (Wildman–Crippen LogP) is 2.83. The van der Waals surface area contributed by atoms with Crippen LogP contribution in [-0.4, -0.2) is 73.1 Å². The minimum absolute atomic E-state index is 0.00543. The molecule has 1 unspecified atom stereocenters. The lowest BCUT2D eigenvalue weighted by Crippen LogP contribution is -2.33. The van der Waals surface area contributed by atoms with Crippen molar-refractivity contribution >= 4 is 11.7 Å². The maximum Gasteiger partial charge on any atom is 0.272 e. The van der Waals surface area contributed by atoms with E-state index in [4.69, 9.17) is 9.72 Å². The van der Waals surface area contributed by atoms with Crippen LogP contribution >= 0.6 is 0 Å². The molecule has 1 aromatic carbocycles.